The minimum atomic E-state index is -4.01. The molecule has 4 aromatic rings. The summed E-state index contributed by atoms with van der Waals surface area (Å²) in [7, 11) is -0.926. The predicted octanol–water partition coefficient (Wildman–Crippen LogP) is 4.26. The van der Waals surface area contributed by atoms with Crippen LogP contribution in [0.4, 0.5) is 0 Å². The van der Waals surface area contributed by atoms with Crippen LogP contribution < -0.4 is 14.6 Å². The summed E-state index contributed by atoms with van der Waals surface area (Å²) in [6, 6.07) is 21.5. The molecule has 0 aliphatic rings. The van der Waals surface area contributed by atoms with Crippen molar-refractivity contribution < 1.29 is 22.3 Å². The lowest BCUT2D eigenvalue weighted by Crippen LogP contribution is -2.13. The first kappa shape index (κ1) is 21.6. The van der Waals surface area contributed by atoms with Crippen molar-refractivity contribution in [3.05, 3.63) is 84.3 Å². The Kier molecular flexibility index (Phi) is 5.98. The second kappa shape index (κ2) is 8.86. The lowest BCUT2D eigenvalue weighted by molar-refractivity contribution is 0.397. The lowest BCUT2D eigenvalue weighted by Gasteiger charge is -2.13. The number of benzene rings is 3. The fourth-order valence-corrected chi connectivity index (χ4v) is 4.28. The summed E-state index contributed by atoms with van der Waals surface area (Å²) in [5.41, 5.74) is 2.27. The summed E-state index contributed by atoms with van der Waals surface area (Å²) in [5, 5.41) is 5.49. The number of rotatable bonds is 7. The molecule has 32 heavy (non-hydrogen) atoms. The first-order valence-electron chi connectivity index (χ1n) is 9.79. The highest BCUT2D eigenvalue weighted by atomic mass is 32.2. The number of methoxy groups -OCH3 is 2. The van der Waals surface area contributed by atoms with E-state index in [1.165, 1.54) is 6.07 Å². The zero-order valence-electron chi connectivity index (χ0n) is 17.6. The fraction of sp³-hybridized carbons (Fsp3) is 0.125. The Balaban J connectivity index is 1.99. The number of oxazole rings is 1. The molecule has 0 unspecified atom stereocenters. The number of nitrogens with two attached hydrogens (primary N) is 1. The highest BCUT2D eigenvalue weighted by Gasteiger charge is 2.27. The molecule has 0 amide bonds. The van der Waals surface area contributed by atoms with Crippen LogP contribution in [0.1, 0.15) is 11.5 Å². The van der Waals surface area contributed by atoms with E-state index in [4.69, 9.17) is 24.0 Å². The van der Waals surface area contributed by atoms with Crippen molar-refractivity contribution >= 4 is 10.0 Å². The van der Waals surface area contributed by atoms with Crippen LogP contribution in [-0.4, -0.2) is 27.6 Å². The molecule has 7 nitrogen and oxygen atoms in total. The van der Waals surface area contributed by atoms with Gasteiger partial charge in [-0.15, -0.1) is 0 Å². The van der Waals surface area contributed by atoms with E-state index in [0.29, 0.717) is 40.6 Å². The summed E-state index contributed by atoms with van der Waals surface area (Å²) in [5.74, 6) is 1.71. The molecular weight excluding hydrogens is 428 g/mol. The summed E-state index contributed by atoms with van der Waals surface area (Å²) in [6.45, 7) is 0. The maximum atomic E-state index is 12.3. The largest absolute Gasteiger partial charge is 0.496 e. The first-order chi connectivity index (χ1) is 15.4. The molecule has 4 rings (SSSR count). The molecule has 0 radical (unpaired) electrons. The van der Waals surface area contributed by atoms with Gasteiger partial charge in [0.1, 0.15) is 17.2 Å². The SMILES string of the molecule is COc1cccc(OC)c1-c1nc(Cc2ccccc2)oc1-c1ccccc1S(N)(=O)=O. The summed E-state index contributed by atoms with van der Waals surface area (Å²) in [4.78, 5) is 4.67. The monoisotopic (exact) mass is 450 g/mol. The molecular formula is C24H22N2O5S. The van der Waals surface area contributed by atoms with E-state index in [9.17, 15) is 8.42 Å². The lowest BCUT2D eigenvalue weighted by atomic mass is 10.0. The van der Waals surface area contributed by atoms with Crippen LogP contribution in [0, 0.1) is 0 Å². The smallest absolute Gasteiger partial charge is 0.238 e. The van der Waals surface area contributed by atoms with Gasteiger partial charge in [0.25, 0.3) is 0 Å². The van der Waals surface area contributed by atoms with Gasteiger partial charge in [0.2, 0.25) is 10.0 Å². The minimum Gasteiger partial charge on any atom is -0.496 e. The number of ether oxygens (including phenoxy) is 2. The summed E-state index contributed by atoms with van der Waals surface area (Å²) in [6.07, 6.45) is 0.419. The molecule has 0 atom stereocenters. The van der Waals surface area contributed by atoms with Crippen molar-refractivity contribution in [2.24, 2.45) is 5.14 Å². The predicted molar refractivity (Wildman–Crippen MR) is 121 cm³/mol. The Hall–Kier alpha value is -3.62. The molecule has 2 N–H and O–H groups in total. The van der Waals surface area contributed by atoms with Gasteiger partial charge in [0.15, 0.2) is 11.7 Å². The van der Waals surface area contributed by atoms with E-state index in [1.54, 1.807) is 50.6 Å². The molecule has 1 aromatic heterocycles. The second-order valence-electron chi connectivity index (χ2n) is 7.03. The summed E-state index contributed by atoms with van der Waals surface area (Å²) < 4.78 is 41.8. The number of primary sulfonamides is 1. The van der Waals surface area contributed by atoms with Gasteiger partial charge in [0.05, 0.1) is 24.7 Å². The fourth-order valence-electron chi connectivity index (χ4n) is 3.55. The number of hydrogen-bond donors (Lipinski definition) is 1. The molecule has 8 heteroatoms. The van der Waals surface area contributed by atoms with Crippen molar-refractivity contribution in [1.29, 1.82) is 0 Å². The third-order valence-electron chi connectivity index (χ3n) is 4.97. The Morgan fingerprint density at radius 2 is 1.50 bits per heavy atom. The molecule has 0 aliphatic heterocycles. The average Bonchev–Trinajstić information content (AvgIpc) is 3.21. The molecule has 1 heterocycles. The molecule has 0 bridgehead atoms. The normalized spacial score (nSPS) is 11.3. The second-order valence-corrected chi connectivity index (χ2v) is 8.56. The van der Waals surface area contributed by atoms with Gasteiger partial charge in [-0.2, -0.15) is 0 Å². The molecule has 0 saturated heterocycles. The highest BCUT2D eigenvalue weighted by molar-refractivity contribution is 7.89. The van der Waals surface area contributed by atoms with Crippen LogP contribution in [0.2, 0.25) is 0 Å². The third-order valence-corrected chi connectivity index (χ3v) is 5.94. The van der Waals surface area contributed by atoms with E-state index in [-0.39, 0.29) is 10.7 Å². The zero-order chi connectivity index (χ0) is 22.7. The van der Waals surface area contributed by atoms with Crippen molar-refractivity contribution in [1.82, 2.24) is 4.98 Å². The zero-order valence-corrected chi connectivity index (χ0v) is 18.4. The quantitative estimate of drug-likeness (QED) is 0.451. The molecule has 3 aromatic carbocycles. The number of hydrogen-bond acceptors (Lipinski definition) is 6. The van der Waals surface area contributed by atoms with Crippen molar-refractivity contribution in [2.45, 2.75) is 11.3 Å². The maximum absolute atomic E-state index is 12.3. The number of aromatic nitrogens is 1. The van der Waals surface area contributed by atoms with Crippen LogP contribution in [0.15, 0.2) is 82.1 Å². The first-order valence-corrected chi connectivity index (χ1v) is 11.3. The minimum absolute atomic E-state index is 0.0578. The third kappa shape index (κ3) is 4.23. The van der Waals surface area contributed by atoms with E-state index in [2.05, 4.69) is 0 Å². The average molecular weight is 451 g/mol. The van der Waals surface area contributed by atoms with Gasteiger partial charge >= 0.3 is 0 Å². The van der Waals surface area contributed by atoms with E-state index >= 15 is 0 Å². The Morgan fingerprint density at radius 3 is 2.12 bits per heavy atom. The van der Waals surface area contributed by atoms with Crippen molar-refractivity contribution in [3.8, 4) is 34.1 Å². The maximum Gasteiger partial charge on any atom is 0.238 e. The topological polar surface area (TPSA) is 105 Å². The molecule has 0 saturated carbocycles. The van der Waals surface area contributed by atoms with Crippen LogP contribution in [0.3, 0.4) is 0 Å². The highest BCUT2D eigenvalue weighted by Crippen LogP contribution is 2.44. The Labute approximate surface area is 186 Å². The Morgan fingerprint density at radius 1 is 0.875 bits per heavy atom. The Bertz CT molecular complexity index is 1330. The van der Waals surface area contributed by atoms with E-state index in [1.807, 2.05) is 30.3 Å². The molecule has 164 valence electrons. The van der Waals surface area contributed by atoms with Gasteiger partial charge in [-0.05, 0) is 29.8 Å². The van der Waals surface area contributed by atoms with Crippen molar-refractivity contribution in [3.63, 3.8) is 0 Å². The van der Waals surface area contributed by atoms with E-state index < -0.39 is 10.0 Å². The van der Waals surface area contributed by atoms with Gasteiger partial charge in [-0.25, -0.2) is 18.5 Å². The van der Waals surface area contributed by atoms with E-state index in [0.717, 1.165) is 5.56 Å². The van der Waals surface area contributed by atoms with Crippen LogP contribution >= 0.6 is 0 Å². The number of sulfonamides is 1. The van der Waals surface area contributed by atoms with Crippen LogP contribution in [0.25, 0.3) is 22.6 Å². The standard InChI is InChI=1S/C24H22N2O5S/c1-29-18-12-8-13-19(30-2)22(18)23-24(17-11-6-7-14-20(17)32(25,27)28)31-21(26-23)15-16-9-4-3-5-10-16/h3-14H,15H2,1-2H3,(H2,25,27,28). The molecule has 0 spiro atoms. The van der Waals surface area contributed by atoms with Crippen molar-refractivity contribution in [2.75, 3.05) is 14.2 Å². The molecule has 0 aliphatic carbocycles. The van der Waals surface area contributed by atoms with Crippen LogP contribution in [0.5, 0.6) is 11.5 Å². The van der Waals surface area contributed by atoms with Crippen LogP contribution in [-0.2, 0) is 16.4 Å². The summed E-state index contributed by atoms with van der Waals surface area (Å²) >= 11 is 0. The van der Waals surface area contributed by atoms with Gasteiger partial charge in [-0.1, -0.05) is 48.5 Å². The number of nitrogens with zero attached hydrogens (tertiary/aromatic N) is 1. The molecule has 0 fully saturated rings. The van der Waals surface area contributed by atoms with Gasteiger partial charge < -0.3 is 13.9 Å². The van der Waals surface area contributed by atoms with Gasteiger partial charge in [-0.3, -0.25) is 0 Å². The van der Waals surface area contributed by atoms with Gasteiger partial charge in [0, 0.05) is 12.0 Å².